The molecule has 5 heteroatoms. The molecule has 4 nitrogen and oxygen atoms in total. The summed E-state index contributed by atoms with van der Waals surface area (Å²) < 4.78 is 16.7. The number of phenolic OH excluding ortho intramolecular Hbond substituents is 1. The predicted octanol–water partition coefficient (Wildman–Crippen LogP) is 6.04. The highest BCUT2D eigenvalue weighted by Gasteiger charge is 2.28. The Labute approximate surface area is 182 Å². The van der Waals surface area contributed by atoms with Crippen molar-refractivity contribution >= 4 is 11.8 Å². The number of rotatable bonds is 9. The summed E-state index contributed by atoms with van der Waals surface area (Å²) >= 11 is 1.77. The Morgan fingerprint density at radius 2 is 1.37 bits per heavy atom. The van der Waals surface area contributed by atoms with Gasteiger partial charge in [-0.3, -0.25) is 0 Å². The molecule has 2 atom stereocenters. The summed E-state index contributed by atoms with van der Waals surface area (Å²) in [6.45, 7) is 2.22. The van der Waals surface area contributed by atoms with E-state index < -0.39 is 0 Å². The van der Waals surface area contributed by atoms with Gasteiger partial charge in [0.25, 0.3) is 0 Å². The number of thioether (sulfide) groups is 1. The first-order valence-electron chi connectivity index (χ1n) is 9.84. The van der Waals surface area contributed by atoms with Crippen LogP contribution in [0.1, 0.15) is 34.8 Å². The van der Waals surface area contributed by atoms with Gasteiger partial charge in [0, 0.05) is 11.8 Å². The molecule has 0 amide bonds. The molecule has 0 aliphatic carbocycles. The molecule has 30 heavy (non-hydrogen) atoms. The Bertz CT molecular complexity index is 944. The van der Waals surface area contributed by atoms with Crippen molar-refractivity contribution in [3.63, 3.8) is 0 Å². The van der Waals surface area contributed by atoms with Gasteiger partial charge < -0.3 is 19.3 Å². The lowest BCUT2D eigenvalue weighted by atomic mass is 10.0. The fraction of sp³-hybridized carbons (Fsp3) is 0.280. The molecule has 0 heterocycles. The summed E-state index contributed by atoms with van der Waals surface area (Å²) in [7, 11) is 4.70. The van der Waals surface area contributed by atoms with Crippen molar-refractivity contribution in [3.8, 4) is 23.0 Å². The molecule has 0 saturated carbocycles. The Morgan fingerprint density at radius 1 is 0.800 bits per heavy atom. The highest BCUT2D eigenvalue weighted by Crippen LogP contribution is 2.52. The predicted molar refractivity (Wildman–Crippen MR) is 123 cm³/mol. The lowest BCUT2D eigenvalue weighted by Crippen LogP contribution is -2.06. The van der Waals surface area contributed by atoms with E-state index in [1.54, 1.807) is 39.2 Å². The minimum absolute atomic E-state index is 0.123. The molecular weight excluding hydrogens is 396 g/mol. The van der Waals surface area contributed by atoms with Crippen molar-refractivity contribution in [2.24, 2.45) is 0 Å². The minimum atomic E-state index is -0.132. The fourth-order valence-electron chi connectivity index (χ4n) is 3.51. The van der Waals surface area contributed by atoms with Gasteiger partial charge in [0.1, 0.15) is 5.75 Å². The molecule has 0 bridgehead atoms. The van der Waals surface area contributed by atoms with E-state index in [9.17, 15) is 5.11 Å². The van der Waals surface area contributed by atoms with Crippen LogP contribution in [0.5, 0.6) is 23.0 Å². The first-order chi connectivity index (χ1) is 14.6. The molecule has 1 N–H and O–H groups in total. The summed E-state index contributed by atoms with van der Waals surface area (Å²) in [5, 5.41) is 10.8. The lowest BCUT2D eigenvalue weighted by Gasteiger charge is -2.25. The molecule has 158 valence electrons. The number of ether oxygens (including phenoxy) is 3. The van der Waals surface area contributed by atoms with Gasteiger partial charge in [-0.25, -0.2) is 0 Å². The second-order valence-electron chi connectivity index (χ2n) is 7.01. The minimum Gasteiger partial charge on any atom is -0.507 e. The Morgan fingerprint density at radius 3 is 1.90 bits per heavy atom. The summed E-state index contributed by atoms with van der Waals surface area (Å²) in [5.41, 5.74) is 3.07. The van der Waals surface area contributed by atoms with Crippen molar-refractivity contribution in [2.75, 3.05) is 27.1 Å². The number of benzene rings is 3. The van der Waals surface area contributed by atoms with Crippen LogP contribution in [0.25, 0.3) is 0 Å². The van der Waals surface area contributed by atoms with E-state index in [1.807, 2.05) is 24.3 Å². The topological polar surface area (TPSA) is 47.9 Å². The maximum Gasteiger partial charge on any atom is 0.203 e. The lowest BCUT2D eigenvalue weighted by molar-refractivity contribution is 0.317. The van der Waals surface area contributed by atoms with Crippen LogP contribution < -0.4 is 14.2 Å². The molecule has 3 aromatic carbocycles. The molecule has 3 rings (SSSR count). The quantitative estimate of drug-likeness (QED) is 0.453. The van der Waals surface area contributed by atoms with Gasteiger partial charge in [0.2, 0.25) is 5.75 Å². The molecule has 0 saturated heterocycles. The highest BCUT2D eigenvalue weighted by atomic mass is 32.2. The number of phenols is 1. The number of hydrogen-bond donors (Lipinski definition) is 1. The SMILES string of the molecule is COc1cc(O)c(C(SCC(C)c2ccccc2)c2ccccc2)c(OC)c1OC. The van der Waals surface area contributed by atoms with Gasteiger partial charge in [-0.15, -0.1) is 11.8 Å². The zero-order valence-electron chi connectivity index (χ0n) is 17.8. The van der Waals surface area contributed by atoms with Crippen LogP contribution in [0, 0.1) is 0 Å². The Kier molecular flexibility index (Phi) is 7.52. The third kappa shape index (κ3) is 4.68. The van der Waals surface area contributed by atoms with Crippen molar-refractivity contribution in [1.29, 1.82) is 0 Å². The Balaban J connectivity index is 2.03. The summed E-state index contributed by atoms with van der Waals surface area (Å²) in [6, 6.07) is 22.2. The van der Waals surface area contributed by atoms with E-state index in [1.165, 1.54) is 5.56 Å². The van der Waals surface area contributed by atoms with Gasteiger partial charge in [-0.1, -0.05) is 67.6 Å². The van der Waals surface area contributed by atoms with Crippen LogP contribution >= 0.6 is 11.8 Å². The smallest absolute Gasteiger partial charge is 0.203 e. The summed E-state index contributed by atoms with van der Waals surface area (Å²) in [6.07, 6.45) is 0. The van der Waals surface area contributed by atoms with Crippen LogP contribution in [-0.2, 0) is 0 Å². The van der Waals surface area contributed by atoms with Crippen LogP contribution in [0.15, 0.2) is 66.7 Å². The standard InChI is InChI=1S/C25H28O4S/c1-17(18-11-7-5-8-12-18)16-30-25(19-13-9-6-10-14-19)22-20(26)15-21(27-2)23(28-3)24(22)29-4/h5-15,17,25-26H,16H2,1-4H3. The van der Waals surface area contributed by atoms with Gasteiger partial charge in [0.15, 0.2) is 11.5 Å². The number of aromatic hydroxyl groups is 1. The van der Waals surface area contributed by atoms with E-state index in [4.69, 9.17) is 14.2 Å². The molecule has 0 aliphatic rings. The normalized spacial score (nSPS) is 12.8. The molecular formula is C25H28O4S. The largest absolute Gasteiger partial charge is 0.507 e. The van der Waals surface area contributed by atoms with Gasteiger partial charge in [-0.05, 0) is 17.0 Å². The second kappa shape index (κ2) is 10.3. The van der Waals surface area contributed by atoms with Crippen LogP contribution in [0.4, 0.5) is 0 Å². The molecule has 3 aromatic rings. The van der Waals surface area contributed by atoms with Gasteiger partial charge in [0.05, 0.1) is 32.1 Å². The van der Waals surface area contributed by atoms with Gasteiger partial charge >= 0.3 is 0 Å². The maximum atomic E-state index is 10.9. The molecule has 0 spiro atoms. The third-order valence-electron chi connectivity index (χ3n) is 5.09. The summed E-state index contributed by atoms with van der Waals surface area (Å²) in [5.74, 6) is 2.76. The zero-order chi connectivity index (χ0) is 21.5. The van der Waals surface area contributed by atoms with Crippen molar-refractivity contribution < 1.29 is 19.3 Å². The fourth-order valence-corrected chi connectivity index (χ4v) is 4.93. The van der Waals surface area contributed by atoms with Crippen LogP contribution in [0.3, 0.4) is 0 Å². The third-order valence-corrected chi connectivity index (χ3v) is 6.63. The average Bonchev–Trinajstić information content (AvgIpc) is 2.80. The monoisotopic (exact) mass is 424 g/mol. The van der Waals surface area contributed by atoms with E-state index in [-0.39, 0.29) is 11.0 Å². The molecule has 0 radical (unpaired) electrons. The van der Waals surface area contributed by atoms with Crippen molar-refractivity contribution in [2.45, 2.75) is 18.1 Å². The van der Waals surface area contributed by atoms with Gasteiger partial charge in [-0.2, -0.15) is 0 Å². The number of methoxy groups -OCH3 is 3. The van der Waals surface area contributed by atoms with E-state index in [2.05, 4.69) is 43.3 Å². The first-order valence-corrected chi connectivity index (χ1v) is 10.9. The maximum absolute atomic E-state index is 10.9. The van der Waals surface area contributed by atoms with E-state index in [0.717, 1.165) is 11.3 Å². The first kappa shape index (κ1) is 21.9. The van der Waals surface area contributed by atoms with E-state index >= 15 is 0 Å². The average molecular weight is 425 g/mol. The number of hydrogen-bond acceptors (Lipinski definition) is 5. The molecule has 0 fully saturated rings. The van der Waals surface area contributed by atoms with Crippen molar-refractivity contribution in [3.05, 3.63) is 83.4 Å². The van der Waals surface area contributed by atoms with Crippen LogP contribution in [0.2, 0.25) is 0 Å². The summed E-state index contributed by atoms with van der Waals surface area (Å²) in [4.78, 5) is 0. The zero-order valence-corrected chi connectivity index (χ0v) is 18.6. The molecule has 2 unspecified atom stereocenters. The second-order valence-corrected chi connectivity index (χ2v) is 8.15. The molecule has 0 aromatic heterocycles. The Hall–Kier alpha value is -2.79. The van der Waals surface area contributed by atoms with E-state index in [0.29, 0.717) is 28.7 Å². The molecule has 0 aliphatic heterocycles. The van der Waals surface area contributed by atoms with Crippen LogP contribution in [-0.4, -0.2) is 32.2 Å². The highest BCUT2D eigenvalue weighted by molar-refractivity contribution is 7.99. The van der Waals surface area contributed by atoms with Crippen molar-refractivity contribution in [1.82, 2.24) is 0 Å².